The number of aliphatic hydroxyl groups is 1. The van der Waals surface area contributed by atoms with Gasteiger partial charge < -0.3 is 5.11 Å². The molecule has 0 heterocycles. The first-order valence-electron chi connectivity index (χ1n) is 6.09. The zero-order chi connectivity index (χ0) is 13.7. The van der Waals surface area contributed by atoms with E-state index in [1.54, 1.807) is 20.8 Å². The van der Waals surface area contributed by atoms with Gasteiger partial charge in [-0.3, -0.25) is 0 Å². The lowest BCUT2D eigenvalue weighted by atomic mass is 10.1. The third-order valence-corrected chi connectivity index (χ3v) is 4.38. The summed E-state index contributed by atoms with van der Waals surface area (Å²) in [4.78, 5) is 0. The lowest BCUT2D eigenvalue weighted by Crippen LogP contribution is -2.52. The molecule has 0 aromatic carbocycles. The summed E-state index contributed by atoms with van der Waals surface area (Å²) < 4.78 is 28.4. The highest BCUT2D eigenvalue weighted by Crippen LogP contribution is 2.14. The summed E-state index contributed by atoms with van der Waals surface area (Å²) in [5.74, 6) is 0. The van der Waals surface area contributed by atoms with E-state index in [1.807, 2.05) is 13.8 Å². The van der Waals surface area contributed by atoms with Crippen molar-refractivity contribution in [2.45, 2.75) is 59.0 Å². The van der Waals surface area contributed by atoms with Gasteiger partial charge in [-0.2, -0.15) is 17.4 Å². The Bertz CT molecular complexity index is 305. The molecule has 0 aliphatic rings. The van der Waals surface area contributed by atoms with Crippen molar-refractivity contribution >= 4 is 10.2 Å². The average molecular weight is 266 g/mol. The molecule has 0 saturated carbocycles. The van der Waals surface area contributed by atoms with Crippen LogP contribution in [-0.2, 0) is 10.2 Å². The van der Waals surface area contributed by atoms with Crippen molar-refractivity contribution in [1.82, 2.24) is 9.03 Å². The van der Waals surface area contributed by atoms with Crippen LogP contribution in [0.2, 0.25) is 0 Å². The van der Waals surface area contributed by atoms with Crippen LogP contribution in [0.3, 0.4) is 0 Å². The number of aliphatic hydroxyl groups excluding tert-OH is 1. The van der Waals surface area contributed by atoms with Gasteiger partial charge >= 0.3 is 0 Å². The molecule has 0 amide bonds. The largest absolute Gasteiger partial charge is 0.395 e. The maximum absolute atomic E-state index is 12.2. The van der Waals surface area contributed by atoms with Crippen molar-refractivity contribution in [3.8, 4) is 0 Å². The second-order valence-corrected chi connectivity index (χ2v) is 6.79. The van der Waals surface area contributed by atoms with Crippen molar-refractivity contribution in [2.75, 3.05) is 13.2 Å². The molecule has 0 radical (unpaired) electrons. The average Bonchev–Trinajstić information content (AvgIpc) is 2.14. The van der Waals surface area contributed by atoms with Crippen LogP contribution in [0.15, 0.2) is 0 Å². The lowest BCUT2D eigenvalue weighted by molar-refractivity contribution is 0.216. The van der Waals surface area contributed by atoms with Gasteiger partial charge in [0.15, 0.2) is 0 Å². The highest BCUT2D eigenvalue weighted by molar-refractivity contribution is 7.87. The molecule has 17 heavy (non-hydrogen) atoms. The molecule has 0 aromatic rings. The second-order valence-electron chi connectivity index (χ2n) is 5.16. The minimum absolute atomic E-state index is 0.0676. The van der Waals surface area contributed by atoms with Crippen LogP contribution in [-0.4, -0.2) is 42.6 Å². The van der Waals surface area contributed by atoms with Crippen molar-refractivity contribution in [3.05, 3.63) is 0 Å². The molecule has 104 valence electrons. The number of nitrogens with zero attached hydrogens (tertiary/aromatic N) is 1. The topological polar surface area (TPSA) is 69.6 Å². The smallest absolute Gasteiger partial charge is 0.280 e. The Morgan fingerprint density at radius 3 is 2.00 bits per heavy atom. The summed E-state index contributed by atoms with van der Waals surface area (Å²) in [7, 11) is -3.54. The monoisotopic (exact) mass is 266 g/mol. The number of rotatable bonds is 7. The van der Waals surface area contributed by atoms with Gasteiger partial charge in [0.1, 0.15) is 0 Å². The van der Waals surface area contributed by atoms with Crippen LogP contribution in [0.4, 0.5) is 0 Å². The molecule has 0 aliphatic heterocycles. The molecule has 0 rings (SSSR count). The van der Waals surface area contributed by atoms with Crippen LogP contribution >= 0.6 is 0 Å². The Balaban J connectivity index is 5.03. The molecule has 0 bridgehead atoms. The number of hydrogen-bond donors (Lipinski definition) is 2. The van der Waals surface area contributed by atoms with E-state index < -0.39 is 15.7 Å². The van der Waals surface area contributed by atoms with Crippen LogP contribution in [0.1, 0.15) is 47.5 Å². The van der Waals surface area contributed by atoms with Crippen molar-refractivity contribution < 1.29 is 13.5 Å². The maximum Gasteiger partial charge on any atom is 0.280 e. The SMILES string of the molecule is CCC(CC)N(CCO)S(=O)(=O)NC(C)(C)C. The highest BCUT2D eigenvalue weighted by Gasteiger charge is 2.30. The minimum Gasteiger partial charge on any atom is -0.395 e. The first kappa shape index (κ1) is 16.8. The second kappa shape index (κ2) is 6.68. The highest BCUT2D eigenvalue weighted by atomic mass is 32.2. The molecule has 0 fully saturated rings. The van der Waals surface area contributed by atoms with Crippen LogP contribution in [0.25, 0.3) is 0 Å². The zero-order valence-electron chi connectivity index (χ0n) is 11.5. The van der Waals surface area contributed by atoms with Gasteiger partial charge in [0.2, 0.25) is 0 Å². The zero-order valence-corrected chi connectivity index (χ0v) is 12.3. The summed E-state index contributed by atoms with van der Waals surface area (Å²) in [6.07, 6.45) is 1.48. The van der Waals surface area contributed by atoms with Crippen molar-refractivity contribution in [1.29, 1.82) is 0 Å². The third kappa shape index (κ3) is 5.81. The predicted molar refractivity (Wildman–Crippen MR) is 70.0 cm³/mol. The fourth-order valence-corrected chi connectivity index (χ4v) is 3.64. The molecule has 0 saturated heterocycles. The summed E-state index contributed by atoms with van der Waals surface area (Å²) in [6.45, 7) is 9.27. The number of hydrogen-bond acceptors (Lipinski definition) is 3. The van der Waals surface area contributed by atoms with E-state index in [4.69, 9.17) is 5.11 Å². The minimum atomic E-state index is -3.54. The van der Waals surface area contributed by atoms with Crippen LogP contribution in [0, 0.1) is 0 Å². The lowest BCUT2D eigenvalue weighted by Gasteiger charge is -2.32. The van der Waals surface area contributed by atoms with E-state index in [1.165, 1.54) is 4.31 Å². The van der Waals surface area contributed by atoms with Gasteiger partial charge in [0.05, 0.1) is 6.61 Å². The summed E-state index contributed by atoms with van der Waals surface area (Å²) in [5.41, 5.74) is -0.515. The summed E-state index contributed by atoms with van der Waals surface area (Å²) >= 11 is 0. The van der Waals surface area contributed by atoms with Gasteiger partial charge in [-0.25, -0.2) is 0 Å². The molecule has 0 unspecified atom stereocenters. The molecular formula is C11H26N2O3S. The molecule has 5 nitrogen and oxygen atoms in total. The van der Waals surface area contributed by atoms with E-state index in [0.717, 1.165) is 12.8 Å². The van der Waals surface area contributed by atoms with E-state index in [0.29, 0.717) is 0 Å². The van der Waals surface area contributed by atoms with Gasteiger partial charge in [-0.1, -0.05) is 13.8 Å². The fraction of sp³-hybridized carbons (Fsp3) is 1.00. The van der Waals surface area contributed by atoms with Crippen LogP contribution in [0.5, 0.6) is 0 Å². The Hall–Kier alpha value is -0.170. The number of nitrogens with one attached hydrogen (secondary N) is 1. The Morgan fingerprint density at radius 1 is 1.24 bits per heavy atom. The quantitative estimate of drug-likeness (QED) is 0.725. The Labute approximate surface area is 105 Å². The molecule has 6 heteroatoms. The predicted octanol–water partition coefficient (Wildman–Crippen LogP) is 1.10. The van der Waals surface area contributed by atoms with Crippen molar-refractivity contribution in [3.63, 3.8) is 0 Å². The fourth-order valence-electron chi connectivity index (χ4n) is 1.74. The maximum atomic E-state index is 12.2. The van der Waals surface area contributed by atoms with E-state index in [2.05, 4.69) is 4.72 Å². The first-order chi connectivity index (χ1) is 7.68. The molecule has 2 N–H and O–H groups in total. The van der Waals surface area contributed by atoms with Crippen molar-refractivity contribution in [2.24, 2.45) is 0 Å². The molecule has 0 atom stereocenters. The van der Waals surface area contributed by atoms with Gasteiger partial charge in [0.25, 0.3) is 10.2 Å². The van der Waals surface area contributed by atoms with E-state index >= 15 is 0 Å². The standard InChI is InChI=1S/C11H26N2O3S/c1-6-10(7-2)13(8-9-14)17(15,16)12-11(3,4)5/h10,12,14H,6-9H2,1-5H3. The third-order valence-electron chi connectivity index (χ3n) is 2.41. The normalized spacial score (nSPS) is 13.6. The van der Waals surface area contributed by atoms with E-state index in [-0.39, 0.29) is 19.2 Å². The molecular weight excluding hydrogens is 240 g/mol. The van der Waals surface area contributed by atoms with Gasteiger partial charge in [0, 0.05) is 18.1 Å². The van der Waals surface area contributed by atoms with Gasteiger partial charge in [-0.15, -0.1) is 0 Å². The summed E-state index contributed by atoms with van der Waals surface area (Å²) in [5, 5.41) is 9.00. The Morgan fingerprint density at radius 2 is 1.71 bits per heavy atom. The summed E-state index contributed by atoms with van der Waals surface area (Å²) in [6, 6.07) is -0.0676. The molecule has 0 spiro atoms. The van der Waals surface area contributed by atoms with Crippen LogP contribution < -0.4 is 4.72 Å². The van der Waals surface area contributed by atoms with Gasteiger partial charge in [-0.05, 0) is 33.6 Å². The molecule has 0 aromatic heterocycles. The Kier molecular flexibility index (Phi) is 6.61. The molecule has 0 aliphatic carbocycles. The first-order valence-corrected chi connectivity index (χ1v) is 7.53. The van der Waals surface area contributed by atoms with E-state index in [9.17, 15) is 8.42 Å².